The van der Waals surface area contributed by atoms with Crippen LogP contribution in [0.1, 0.15) is 11.1 Å². The maximum absolute atomic E-state index is 11.8. The molecule has 3 aromatic carbocycles. The summed E-state index contributed by atoms with van der Waals surface area (Å²) in [5.41, 5.74) is 3.04. The van der Waals surface area contributed by atoms with Gasteiger partial charge in [-0.05, 0) is 46.5 Å². The summed E-state index contributed by atoms with van der Waals surface area (Å²) in [4.78, 5) is 46.7. The Balaban J connectivity index is 1.84. The van der Waals surface area contributed by atoms with Crippen LogP contribution in [0.25, 0.3) is 23.3 Å². The molecule has 0 heterocycles. The average molecular weight is 537 g/mol. The smallest absolute Gasteiger partial charge is 0.335 e. The molecule has 0 amide bonds. The van der Waals surface area contributed by atoms with E-state index in [4.69, 9.17) is 18.9 Å². The van der Waals surface area contributed by atoms with Crippen LogP contribution in [0.15, 0.2) is 111 Å². The average Bonchev–Trinajstić information content (AvgIpc) is 2.97. The van der Waals surface area contributed by atoms with Gasteiger partial charge in [-0.15, -0.1) is 0 Å². The maximum Gasteiger partial charge on any atom is 0.335 e. The molecule has 0 aliphatic carbocycles. The van der Waals surface area contributed by atoms with Crippen molar-refractivity contribution < 1.29 is 38.1 Å². The van der Waals surface area contributed by atoms with Gasteiger partial charge in [-0.3, -0.25) is 0 Å². The lowest BCUT2D eigenvalue weighted by Gasteiger charge is -2.11. The Morgan fingerprint density at radius 3 is 1.32 bits per heavy atom. The first-order valence-corrected chi connectivity index (χ1v) is 11.7. The van der Waals surface area contributed by atoms with Crippen LogP contribution in [0.3, 0.4) is 0 Å². The van der Waals surface area contributed by atoms with Crippen molar-refractivity contribution in [3.63, 3.8) is 0 Å². The molecule has 0 fully saturated rings. The summed E-state index contributed by atoms with van der Waals surface area (Å²) in [5, 5.41) is 0. The molecule has 0 aliphatic rings. The third-order valence-corrected chi connectivity index (χ3v) is 5.13. The van der Waals surface area contributed by atoms with Crippen molar-refractivity contribution in [3.8, 4) is 34.1 Å². The monoisotopic (exact) mass is 536 g/mol. The van der Waals surface area contributed by atoms with Crippen molar-refractivity contribution in [2.45, 2.75) is 0 Å². The van der Waals surface area contributed by atoms with Crippen LogP contribution < -0.4 is 18.9 Å². The van der Waals surface area contributed by atoms with Gasteiger partial charge in [0.2, 0.25) is 0 Å². The SMILES string of the molecule is C=CC(=O)Oc1ccc(/C=C/c2ccc(-c3ccc(OC(=O)C=C)c(OC(=O)C=C)c3)cc2)cc1OC(=O)C=C. The molecule has 0 N–H and O–H groups in total. The van der Waals surface area contributed by atoms with Crippen LogP contribution in [0, 0.1) is 0 Å². The minimum absolute atomic E-state index is 0.0489. The molecular weight excluding hydrogens is 512 g/mol. The maximum atomic E-state index is 11.8. The first kappa shape index (κ1) is 28.8. The molecule has 0 aromatic heterocycles. The number of benzene rings is 3. The number of rotatable bonds is 11. The van der Waals surface area contributed by atoms with Gasteiger partial charge in [-0.2, -0.15) is 0 Å². The highest BCUT2D eigenvalue weighted by molar-refractivity contribution is 5.88. The molecule has 0 bridgehead atoms. The van der Waals surface area contributed by atoms with E-state index in [0.29, 0.717) is 11.1 Å². The standard InChI is InChI=1S/C32H24O8/c1-5-29(33)37-25-17-13-22(19-27(25)39-31(35)7-3)10-9-21-11-14-23(15-12-21)24-16-18-26(38-30(34)6-2)28(20-24)40-32(36)8-4/h5-20H,1-4H2/b10-9+. The van der Waals surface area contributed by atoms with E-state index in [9.17, 15) is 19.2 Å². The van der Waals surface area contributed by atoms with E-state index in [1.165, 1.54) is 12.1 Å². The van der Waals surface area contributed by atoms with Crippen LogP contribution in [0.4, 0.5) is 0 Å². The molecule has 0 spiro atoms. The topological polar surface area (TPSA) is 105 Å². The Morgan fingerprint density at radius 1 is 0.450 bits per heavy atom. The van der Waals surface area contributed by atoms with Gasteiger partial charge in [-0.25, -0.2) is 19.2 Å². The molecule has 0 unspecified atom stereocenters. The lowest BCUT2D eigenvalue weighted by atomic mass is 10.0. The van der Waals surface area contributed by atoms with Crippen LogP contribution in [0.5, 0.6) is 23.0 Å². The first-order chi connectivity index (χ1) is 19.3. The summed E-state index contributed by atoms with van der Waals surface area (Å²) in [7, 11) is 0. The fraction of sp³-hybridized carbons (Fsp3) is 0. The lowest BCUT2D eigenvalue weighted by Crippen LogP contribution is -2.08. The zero-order valence-corrected chi connectivity index (χ0v) is 21.3. The Morgan fingerprint density at radius 2 is 0.825 bits per heavy atom. The zero-order valence-electron chi connectivity index (χ0n) is 21.3. The second-order valence-electron chi connectivity index (χ2n) is 7.82. The third-order valence-electron chi connectivity index (χ3n) is 5.13. The van der Waals surface area contributed by atoms with Gasteiger partial charge in [0.25, 0.3) is 0 Å². The molecule has 0 atom stereocenters. The van der Waals surface area contributed by atoms with Crippen LogP contribution in [-0.4, -0.2) is 23.9 Å². The first-order valence-electron chi connectivity index (χ1n) is 11.7. The number of hydrogen-bond donors (Lipinski definition) is 0. The Hall–Kier alpha value is -5.76. The van der Waals surface area contributed by atoms with E-state index >= 15 is 0 Å². The van der Waals surface area contributed by atoms with Crippen LogP contribution in [0.2, 0.25) is 0 Å². The molecule has 0 saturated heterocycles. The second kappa shape index (κ2) is 13.7. The van der Waals surface area contributed by atoms with Gasteiger partial charge in [0.05, 0.1) is 0 Å². The van der Waals surface area contributed by atoms with Gasteiger partial charge in [0.15, 0.2) is 23.0 Å². The highest BCUT2D eigenvalue weighted by Crippen LogP contribution is 2.34. The third kappa shape index (κ3) is 7.87. The number of carbonyl (C=O) groups excluding carboxylic acids is 4. The van der Waals surface area contributed by atoms with Crippen molar-refractivity contribution in [1.82, 2.24) is 0 Å². The fourth-order valence-electron chi connectivity index (χ4n) is 3.22. The number of ether oxygens (including phenoxy) is 4. The quantitative estimate of drug-likeness (QED) is 0.129. The van der Waals surface area contributed by atoms with Crippen molar-refractivity contribution in [1.29, 1.82) is 0 Å². The van der Waals surface area contributed by atoms with Crippen LogP contribution >= 0.6 is 0 Å². The van der Waals surface area contributed by atoms with Gasteiger partial charge >= 0.3 is 23.9 Å². The van der Waals surface area contributed by atoms with E-state index < -0.39 is 23.9 Å². The van der Waals surface area contributed by atoms with Gasteiger partial charge in [0.1, 0.15) is 0 Å². The van der Waals surface area contributed by atoms with E-state index in [1.807, 2.05) is 30.3 Å². The normalized spacial score (nSPS) is 10.2. The molecule has 8 nitrogen and oxygen atoms in total. The van der Waals surface area contributed by atoms with E-state index in [2.05, 4.69) is 26.3 Å². The van der Waals surface area contributed by atoms with Crippen molar-refractivity contribution >= 4 is 36.0 Å². The molecule has 200 valence electrons. The molecule has 3 rings (SSSR count). The molecule has 0 saturated carbocycles. The van der Waals surface area contributed by atoms with Gasteiger partial charge in [-0.1, -0.05) is 74.9 Å². The summed E-state index contributed by atoms with van der Waals surface area (Å²) < 4.78 is 20.7. The molecule has 8 heteroatoms. The summed E-state index contributed by atoms with van der Waals surface area (Å²) in [6, 6.07) is 17.0. The number of carbonyl (C=O) groups is 4. The summed E-state index contributed by atoms with van der Waals surface area (Å²) >= 11 is 0. The number of esters is 4. The summed E-state index contributed by atoms with van der Waals surface area (Å²) in [6.45, 7) is 13.5. The predicted molar refractivity (Wildman–Crippen MR) is 151 cm³/mol. The Kier molecular flexibility index (Phi) is 9.86. The second-order valence-corrected chi connectivity index (χ2v) is 7.82. The fourth-order valence-corrected chi connectivity index (χ4v) is 3.22. The molecule has 0 aliphatic heterocycles. The summed E-state index contributed by atoms with van der Waals surface area (Å²) in [6.07, 6.45) is 7.62. The van der Waals surface area contributed by atoms with Crippen molar-refractivity contribution in [3.05, 3.63) is 122 Å². The molecule has 0 radical (unpaired) electrons. The Bertz CT molecular complexity index is 1530. The highest BCUT2D eigenvalue weighted by Gasteiger charge is 2.14. The minimum Gasteiger partial charge on any atom is -0.419 e. The molecule has 40 heavy (non-hydrogen) atoms. The van der Waals surface area contributed by atoms with E-state index in [1.54, 1.807) is 30.3 Å². The molecular formula is C32H24O8. The van der Waals surface area contributed by atoms with Crippen molar-refractivity contribution in [2.24, 2.45) is 0 Å². The lowest BCUT2D eigenvalue weighted by molar-refractivity contribution is -0.131. The Labute approximate surface area is 230 Å². The zero-order chi connectivity index (χ0) is 29.1. The number of hydrogen-bond acceptors (Lipinski definition) is 8. The highest BCUT2D eigenvalue weighted by atomic mass is 16.6. The van der Waals surface area contributed by atoms with Gasteiger partial charge < -0.3 is 18.9 Å². The van der Waals surface area contributed by atoms with E-state index in [0.717, 1.165) is 35.4 Å². The van der Waals surface area contributed by atoms with Crippen molar-refractivity contribution in [2.75, 3.05) is 0 Å². The van der Waals surface area contributed by atoms with Crippen LogP contribution in [-0.2, 0) is 19.2 Å². The van der Waals surface area contributed by atoms with Gasteiger partial charge in [0, 0.05) is 24.3 Å². The van der Waals surface area contributed by atoms with E-state index in [-0.39, 0.29) is 23.0 Å². The largest absolute Gasteiger partial charge is 0.419 e. The predicted octanol–water partition coefficient (Wildman–Crippen LogP) is 5.89. The summed E-state index contributed by atoms with van der Waals surface area (Å²) in [5.74, 6) is -2.58. The minimum atomic E-state index is -0.707. The molecule has 3 aromatic rings.